The van der Waals surface area contributed by atoms with Crippen molar-refractivity contribution in [3.63, 3.8) is 0 Å². The van der Waals surface area contributed by atoms with Crippen molar-refractivity contribution in [2.75, 3.05) is 5.73 Å². The largest absolute Gasteiger partial charge is 0.381 e. The summed E-state index contributed by atoms with van der Waals surface area (Å²) < 4.78 is 1.51. The van der Waals surface area contributed by atoms with Crippen LogP contribution in [0.2, 0.25) is 5.02 Å². The first-order chi connectivity index (χ1) is 7.20. The summed E-state index contributed by atoms with van der Waals surface area (Å²) in [6.07, 6.45) is 3.11. The Morgan fingerprint density at radius 2 is 2.27 bits per heavy atom. The maximum atomic E-state index is 8.57. The summed E-state index contributed by atoms with van der Waals surface area (Å²) in [5.41, 5.74) is 6.55. The van der Waals surface area contributed by atoms with Crippen molar-refractivity contribution in [2.24, 2.45) is 0 Å². The lowest BCUT2D eigenvalue weighted by atomic mass is 10.3. The van der Waals surface area contributed by atoms with E-state index in [1.165, 1.54) is 10.9 Å². The smallest absolute Gasteiger partial charge is 0.164 e. The zero-order valence-electron chi connectivity index (χ0n) is 7.55. The minimum atomic E-state index is 0.265. The summed E-state index contributed by atoms with van der Waals surface area (Å²) in [4.78, 5) is 3.91. The van der Waals surface area contributed by atoms with Crippen LogP contribution >= 0.6 is 11.6 Å². The van der Waals surface area contributed by atoms with Crippen LogP contribution in [0.4, 0.5) is 5.82 Å². The lowest BCUT2D eigenvalue weighted by Gasteiger charge is -1.98. The standard InChI is InChI=1S/C9H6ClN5/c10-8-5-15(14-9(8)12)7-2-1-6(3-11)13-4-7/h1-2,4-5H,(H2,12,14). The molecule has 0 saturated heterocycles. The van der Waals surface area contributed by atoms with Crippen LogP contribution in [-0.4, -0.2) is 14.8 Å². The predicted octanol–water partition coefficient (Wildman–Crippen LogP) is 1.37. The highest BCUT2D eigenvalue weighted by molar-refractivity contribution is 6.32. The number of rotatable bonds is 1. The van der Waals surface area contributed by atoms with Crippen molar-refractivity contribution < 1.29 is 0 Å². The average molecular weight is 220 g/mol. The van der Waals surface area contributed by atoms with E-state index >= 15 is 0 Å². The average Bonchev–Trinajstić information content (AvgIpc) is 2.59. The van der Waals surface area contributed by atoms with Crippen LogP contribution < -0.4 is 5.73 Å². The van der Waals surface area contributed by atoms with Crippen LogP contribution in [0.25, 0.3) is 5.69 Å². The second kappa shape index (κ2) is 3.59. The Kier molecular flexibility index (Phi) is 2.27. The Balaban J connectivity index is 2.42. The number of nitrogens with zero attached hydrogens (tertiary/aromatic N) is 4. The van der Waals surface area contributed by atoms with E-state index in [0.29, 0.717) is 16.4 Å². The fourth-order valence-corrected chi connectivity index (χ4v) is 1.22. The summed E-state index contributed by atoms with van der Waals surface area (Å²) in [7, 11) is 0. The molecule has 74 valence electrons. The van der Waals surface area contributed by atoms with Gasteiger partial charge in [-0.15, -0.1) is 5.10 Å². The van der Waals surface area contributed by atoms with Gasteiger partial charge in [0.1, 0.15) is 16.8 Å². The lowest BCUT2D eigenvalue weighted by molar-refractivity contribution is 0.878. The highest BCUT2D eigenvalue weighted by Gasteiger charge is 2.04. The minimum absolute atomic E-state index is 0.265. The number of hydrogen-bond donors (Lipinski definition) is 1. The molecular formula is C9H6ClN5. The summed E-state index contributed by atoms with van der Waals surface area (Å²) in [6.45, 7) is 0. The Bertz CT molecular complexity index is 503. The summed E-state index contributed by atoms with van der Waals surface area (Å²) >= 11 is 5.76. The van der Waals surface area contributed by atoms with Crippen LogP contribution in [0.15, 0.2) is 24.5 Å². The van der Waals surface area contributed by atoms with Crippen LogP contribution in [-0.2, 0) is 0 Å². The van der Waals surface area contributed by atoms with Gasteiger partial charge in [-0.05, 0) is 12.1 Å². The Morgan fingerprint density at radius 1 is 1.47 bits per heavy atom. The molecule has 2 aromatic rings. The highest BCUT2D eigenvalue weighted by atomic mass is 35.5. The summed E-state index contributed by atoms with van der Waals surface area (Å²) in [5.74, 6) is 0.265. The van der Waals surface area contributed by atoms with Gasteiger partial charge in [0.15, 0.2) is 5.82 Å². The van der Waals surface area contributed by atoms with E-state index in [0.717, 1.165) is 0 Å². The Hall–Kier alpha value is -2.06. The first-order valence-corrected chi connectivity index (χ1v) is 4.45. The van der Waals surface area contributed by atoms with Crippen molar-refractivity contribution in [1.82, 2.24) is 14.8 Å². The second-order valence-corrected chi connectivity index (χ2v) is 3.23. The number of halogens is 1. The van der Waals surface area contributed by atoms with Gasteiger partial charge in [-0.25, -0.2) is 9.67 Å². The fraction of sp³-hybridized carbons (Fsp3) is 0. The molecule has 0 saturated carbocycles. The molecule has 2 rings (SSSR count). The van der Waals surface area contributed by atoms with E-state index in [4.69, 9.17) is 22.6 Å². The van der Waals surface area contributed by atoms with Gasteiger partial charge in [-0.1, -0.05) is 11.6 Å². The number of nitrogens with two attached hydrogens (primary N) is 1. The number of pyridine rings is 1. The molecule has 0 unspecified atom stereocenters. The molecule has 15 heavy (non-hydrogen) atoms. The molecule has 2 N–H and O–H groups in total. The number of aromatic nitrogens is 3. The molecule has 0 atom stereocenters. The monoisotopic (exact) mass is 219 g/mol. The first kappa shape index (κ1) is 9.49. The van der Waals surface area contributed by atoms with E-state index in [1.807, 2.05) is 6.07 Å². The van der Waals surface area contributed by atoms with Gasteiger partial charge in [-0.2, -0.15) is 5.26 Å². The maximum Gasteiger partial charge on any atom is 0.164 e. The highest BCUT2D eigenvalue weighted by Crippen LogP contribution is 2.18. The molecule has 2 aromatic heterocycles. The number of anilines is 1. The lowest BCUT2D eigenvalue weighted by Crippen LogP contribution is -1.97. The van der Waals surface area contributed by atoms with E-state index < -0.39 is 0 Å². The van der Waals surface area contributed by atoms with Crippen LogP contribution in [0, 0.1) is 11.3 Å². The molecule has 0 aromatic carbocycles. The number of nitrogen functional groups attached to an aromatic ring is 1. The van der Waals surface area contributed by atoms with Gasteiger partial charge >= 0.3 is 0 Å². The van der Waals surface area contributed by atoms with Crippen molar-refractivity contribution in [2.45, 2.75) is 0 Å². The Labute approximate surface area is 90.7 Å². The molecule has 0 bridgehead atoms. The van der Waals surface area contributed by atoms with E-state index in [2.05, 4.69) is 10.1 Å². The fourth-order valence-electron chi connectivity index (χ4n) is 1.09. The van der Waals surface area contributed by atoms with Crippen LogP contribution in [0.3, 0.4) is 0 Å². The van der Waals surface area contributed by atoms with Gasteiger partial charge in [-0.3, -0.25) is 0 Å². The number of nitriles is 1. The second-order valence-electron chi connectivity index (χ2n) is 2.82. The normalized spacial score (nSPS) is 9.87. The quantitative estimate of drug-likeness (QED) is 0.786. The maximum absolute atomic E-state index is 8.57. The predicted molar refractivity (Wildman–Crippen MR) is 55.5 cm³/mol. The third-order valence-corrected chi connectivity index (χ3v) is 2.11. The zero-order chi connectivity index (χ0) is 10.8. The summed E-state index contributed by atoms with van der Waals surface area (Å²) in [6, 6.07) is 5.25. The molecule has 0 amide bonds. The van der Waals surface area contributed by atoms with Crippen LogP contribution in [0.1, 0.15) is 5.69 Å². The third kappa shape index (κ3) is 1.75. The van der Waals surface area contributed by atoms with Crippen LogP contribution in [0.5, 0.6) is 0 Å². The van der Waals surface area contributed by atoms with Gasteiger partial charge in [0.25, 0.3) is 0 Å². The van der Waals surface area contributed by atoms with E-state index in [9.17, 15) is 0 Å². The van der Waals surface area contributed by atoms with Crippen molar-refractivity contribution in [3.05, 3.63) is 35.2 Å². The van der Waals surface area contributed by atoms with Gasteiger partial charge in [0.2, 0.25) is 0 Å². The van der Waals surface area contributed by atoms with Crippen molar-refractivity contribution >= 4 is 17.4 Å². The third-order valence-electron chi connectivity index (χ3n) is 1.82. The first-order valence-electron chi connectivity index (χ1n) is 4.08. The molecule has 2 heterocycles. The minimum Gasteiger partial charge on any atom is -0.381 e. The van der Waals surface area contributed by atoms with Crippen molar-refractivity contribution in [3.8, 4) is 11.8 Å². The topological polar surface area (TPSA) is 80.5 Å². The Morgan fingerprint density at radius 3 is 2.73 bits per heavy atom. The molecule has 0 fully saturated rings. The van der Waals surface area contributed by atoms with Gasteiger partial charge in [0.05, 0.1) is 18.1 Å². The molecule has 5 nitrogen and oxygen atoms in total. The SMILES string of the molecule is N#Cc1ccc(-n2cc(Cl)c(N)n2)cn1. The molecular weight excluding hydrogens is 214 g/mol. The molecule has 6 heteroatoms. The summed E-state index contributed by atoms with van der Waals surface area (Å²) in [5, 5.41) is 12.9. The van der Waals surface area contributed by atoms with E-state index in [-0.39, 0.29) is 5.82 Å². The van der Waals surface area contributed by atoms with E-state index in [1.54, 1.807) is 18.3 Å². The number of hydrogen-bond acceptors (Lipinski definition) is 4. The molecule has 0 radical (unpaired) electrons. The molecule has 0 aliphatic carbocycles. The van der Waals surface area contributed by atoms with Gasteiger partial charge in [0, 0.05) is 0 Å². The van der Waals surface area contributed by atoms with Crippen molar-refractivity contribution in [1.29, 1.82) is 5.26 Å². The van der Waals surface area contributed by atoms with Gasteiger partial charge < -0.3 is 5.73 Å². The molecule has 0 aliphatic rings. The molecule has 0 aliphatic heterocycles. The zero-order valence-corrected chi connectivity index (χ0v) is 8.31. The molecule has 0 spiro atoms.